The van der Waals surface area contributed by atoms with Crippen LogP contribution in [0.1, 0.15) is 23.6 Å². The van der Waals surface area contributed by atoms with Crippen molar-refractivity contribution >= 4 is 28.4 Å². The highest BCUT2D eigenvalue weighted by Gasteiger charge is 2.19. The summed E-state index contributed by atoms with van der Waals surface area (Å²) in [6, 6.07) is 23.3. The molecular weight excluding hydrogens is 494 g/mol. The lowest BCUT2D eigenvalue weighted by Crippen LogP contribution is -2.02. The smallest absolute Gasteiger partial charge is 0.505 e. The van der Waals surface area contributed by atoms with E-state index < -0.39 is 6.16 Å². The Kier molecular flexibility index (Phi) is 6.77. The third kappa shape index (κ3) is 4.92. The highest BCUT2D eigenvalue weighted by Crippen LogP contribution is 2.44. The van der Waals surface area contributed by atoms with Crippen LogP contribution < -0.4 is 4.74 Å². The predicted molar refractivity (Wildman–Crippen MR) is 150 cm³/mol. The molecule has 4 aromatic carbocycles. The van der Waals surface area contributed by atoms with Gasteiger partial charge in [-0.3, -0.25) is 4.57 Å². The molecule has 0 unspecified atom stereocenters. The standard InChI is InChI=1S/C31H27N3O5/c1-4-20-12-14-25-27(16-20)34(22-13-11-18(2)19(3)15-22)30(36)28(25)33-32-26-10-6-9-24(29(26)35)21-7-5-8-23(17-21)39-31(37)38/h5-17,35-36H,4H2,1-3H3,(H,37,38). The van der Waals surface area contributed by atoms with Crippen LogP contribution in [0.4, 0.5) is 16.2 Å². The summed E-state index contributed by atoms with van der Waals surface area (Å²) in [5.74, 6) is -0.0687. The number of carboxylic acid groups (broad SMARTS) is 1. The molecular formula is C31H27N3O5. The van der Waals surface area contributed by atoms with Gasteiger partial charge in [-0.05, 0) is 78.9 Å². The highest BCUT2D eigenvalue weighted by atomic mass is 16.7. The average Bonchev–Trinajstić information content (AvgIpc) is 3.19. The molecule has 0 amide bonds. The maximum absolute atomic E-state index is 11.4. The Morgan fingerprint density at radius 2 is 1.69 bits per heavy atom. The predicted octanol–water partition coefficient (Wildman–Crippen LogP) is 8.36. The number of para-hydroxylation sites is 1. The summed E-state index contributed by atoms with van der Waals surface area (Å²) < 4.78 is 6.50. The van der Waals surface area contributed by atoms with Crippen LogP contribution in [0, 0.1) is 13.8 Å². The first-order valence-electron chi connectivity index (χ1n) is 12.5. The number of azo groups is 1. The number of benzene rings is 4. The van der Waals surface area contributed by atoms with Gasteiger partial charge in [0.05, 0.1) is 5.52 Å². The molecule has 5 aromatic rings. The molecule has 0 atom stereocenters. The average molecular weight is 522 g/mol. The summed E-state index contributed by atoms with van der Waals surface area (Å²) in [7, 11) is 0. The van der Waals surface area contributed by atoms with Crippen LogP contribution in [0.15, 0.2) is 89.1 Å². The summed E-state index contributed by atoms with van der Waals surface area (Å²) in [4.78, 5) is 10.9. The van der Waals surface area contributed by atoms with Crippen molar-refractivity contribution in [3.8, 4) is 34.2 Å². The lowest BCUT2D eigenvalue weighted by Gasteiger charge is -2.10. The monoisotopic (exact) mass is 521 g/mol. The second-order valence-corrected chi connectivity index (χ2v) is 9.25. The van der Waals surface area contributed by atoms with Crippen molar-refractivity contribution in [2.75, 3.05) is 0 Å². The van der Waals surface area contributed by atoms with Crippen molar-refractivity contribution in [1.29, 1.82) is 0 Å². The molecule has 0 radical (unpaired) electrons. The van der Waals surface area contributed by atoms with Gasteiger partial charge in [0.25, 0.3) is 0 Å². The van der Waals surface area contributed by atoms with Crippen molar-refractivity contribution in [2.24, 2.45) is 10.2 Å². The van der Waals surface area contributed by atoms with Gasteiger partial charge in [-0.1, -0.05) is 49.4 Å². The van der Waals surface area contributed by atoms with E-state index in [1.54, 1.807) is 34.9 Å². The van der Waals surface area contributed by atoms with E-state index in [9.17, 15) is 15.0 Å². The summed E-state index contributed by atoms with van der Waals surface area (Å²) in [6.07, 6.45) is -0.588. The van der Waals surface area contributed by atoms with E-state index in [1.807, 2.05) is 50.2 Å². The highest BCUT2D eigenvalue weighted by molar-refractivity contribution is 5.97. The number of hydrogen-bond acceptors (Lipinski definition) is 6. The van der Waals surface area contributed by atoms with Crippen molar-refractivity contribution in [2.45, 2.75) is 27.2 Å². The zero-order chi connectivity index (χ0) is 27.7. The van der Waals surface area contributed by atoms with E-state index >= 15 is 0 Å². The van der Waals surface area contributed by atoms with Gasteiger partial charge in [-0.25, -0.2) is 4.79 Å². The molecule has 5 rings (SSSR count). The number of hydrogen-bond donors (Lipinski definition) is 3. The molecule has 0 bridgehead atoms. The molecule has 8 heteroatoms. The number of ether oxygens (including phenoxy) is 1. The number of aromatic hydroxyl groups is 2. The molecule has 39 heavy (non-hydrogen) atoms. The minimum absolute atomic E-state index is 0.0561. The molecule has 0 aliphatic carbocycles. The van der Waals surface area contributed by atoms with Crippen LogP contribution in [0.25, 0.3) is 27.7 Å². The van der Waals surface area contributed by atoms with Gasteiger partial charge in [0.2, 0.25) is 5.88 Å². The number of aryl methyl sites for hydroxylation is 3. The zero-order valence-corrected chi connectivity index (χ0v) is 21.7. The van der Waals surface area contributed by atoms with Gasteiger partial charge in [-0.2, -0.15) is 0 Å². The van der Waals surface area contributed by atoms with Crippen LogP contribution in [-0.4, -0.2) is 26.0 Å². The summed E-state index contributed by atoms with van der Waals surface area (Å²) in [5.41, 5.74) is 6.43. The van der Waals surface area contributed by atoms with E-state index in [-0.39, 0.29) is 28.8 Å². The van der Waals surface area contributed by atoms with E-state index in [4.69, 9.17) is 9.84 Å². The lowest BCUT2D eigenvalue weighted by atomic mass is 10.0. The minimum atomic E-state index is -1.43. The molecule has 0 saturated carbocycles. The number of carbonyl (C=O) groups is 1. The van der Waals surface area contributed by atoms with Crippen LogP contribution in [0.5, 0.6) is 17.4 Å². The maximum Gasteiger partial charge on any atom is 0.511 e. The first-order valence-corrected chi connectivity index (χ1v) is 12.5. The summed E-state index contributed by atoms with van der Waals surface area (Å²) >= 11 is 0. The fourth-order valence-electron chi connectivity index (χ4n) is 4.52. The van der Waals surface area contributed by atoms with Crippen molar-refractivity contribution < 1.29 is 24.9 Å². The van der Waals surface area contributed by atoms with Gasteiger partial charge in [-0.15, -0.1) is 10.2 Å². The molecule has 0 fully saturated rings. The first-order chi connectivity index (χ1) is 18.8. The van der Waals surface area contributed by atoms with Crippen LogP contribution in [0.3, 0.4) is 0 Å². The van der Waals surface area contributed by atoms with Gasteiger partial charge in [0.1, 0.15) is 11.4 Å². The number of aromatic nitrogens is 1. The molecule has 0 spiro atoms. The van der Waals surface area contributed by atoms with Gasteiger partial charge < -0.3 is 20.1 Å². The number of nitrogens with zero attached hydrogens (tertiary/aromatic N) is 3. The lowest BCUT2D eigenvalue weighted by molar-refractivity contribution is 0.144. The molecule has 0 aliphatic rings. The summed E-state index contributed by atoms with van der Waals surface area (Å²) in [5, 5.41) is 40.7. The zero-order valence-electron chi connectivity index (χ0n) is 21.7. The second kappa shape index (κ2) is 10.3. The largest absolute Gasteiger partial charge is 0.511 e. The molecule has 196 valence electrons. The van der Waals surface area contributed by atoms with Gasteiger partial charge >= 0.3 is 6.16 Å². The topological polar surface area (TPSA) is 117 Å². The molecule has 0 saturated heterocycles. The number of phenols is 1. The minimum Gasteiger partial charge on any atom is -0.505 e. The fourth-order valence-corrected chi connectivity index (χ4v) is 4.52. The van der Waals surface area contributed by atoms with Crippen LogP contribution >= 0.6 is 0 Å². The molecule has 8 nitrogen and oxygen atoms in total. The van der Waals surface area contributed by atoms with Gasteiger partial charge in [0, 0.05) is 16.6 Å². The Morgan fingerprint density at radius 3 is 2.44 bits per heavy atom. The normalized spacial score (nSPS) is 11.4. The number of phenolic OH excluding ortho intramolecular Hbond substituents is 1. The number of rotatable bonds is 6. The third-order valence-corrected chi connectivity index (χ3v) is 6.76. The van der Waals surface area contributed by atoms with E-state index in [0.717, 1.165) is 39.7 Å². The quantitative estimate of drug-likeness (QED) is 0.118. The maximum atomic E-state index is 11.4. The third-order valence-electron chi connectivity index (χ3n) is 6.76. The number of fused-ring (bicyclic) bond motifs is 1. The molecule has 3 N–H and O–H groups in total. The Morgan fingerprint density at radius 1 is 0.897 bits per heavy atom. The van der Waals surface area contributed by atoms with Crippen LogP contribution in [-0.2, 0) is 6.42 Å². The van der Waals surface area contributed by atoms with Crippen LogP contribution in [0.2, 0.25) is 0 Å². The van der Waals surface area contributed by atoms with Crippen molar-refractivity contribution in [3.05, 3.63) is 95.6 Å². The van der Waals surface area contributed by atoms with Crippen molar-refractivity contribution in [1.82, 2.24) is 4.57 Å². The molecule has 0 aliphatic heterocycles. The van der Waals surface area contributed by atoms with Crippen molar-refractivity contribution in [3.63, 3.8) is 0 Å². The summed E-state index contributed by atoms with van der Waals surface area (Å²) in [6.45, 7) is 6.14. The Balaban J connectivity index is 1.60. The van der Waals surface area contributed by atoms with Gasteiger partial charge in [0.15, 0.2) is 11.4 Å². The molecule has 1 aromatic heterocycles. The second-order valence-electron chi connectivity index (χ2n) is 9.25. The Hall–Kier alpha value is -5.11. The Bertz CT molecular complexity index is 1750. The fraction of sp³-hybridized carbons (Fsp3) is 0.129. The van der Waals surface area contributed by atoms with E-state index in [0.29, 0.717) is 11.1 Å². The SMILES string of the molecule is CCc1ccc2c(N=Nc3cccc(-c4cccc(OC(=O)O)c4)c3O)c(O)n(-c3ccc(C)c(C)c3)c2c1. The molecule has 1 heterocycles. The Labute approximate surface area is 225 Å². The van der Waals surface area contributed by atoms with E-state index in [2.05, 4.69) is 17.2 Å². The van der Waals surface area contributed by atoms with E-state index in [1.165, 1.54) is 12.1 Å². The first kappa shape index (κ1) is 25.5.